The molecule has 0 saturated heterocycles. The third-order valence-electron chi connectivity index (χ3n) is 2.73. The predicted molar refractivity (Wildman–Crippen MR) is 64.0 cm³/mol. The van der Waals surface area contributed by atoms with Gasteiger partial charge in [0.2, 0.25) is 0 Å². The molecule has 0 fully saturated rings. The summed E-state index contributed by atoms with van der Waals surface area (Å²) in [5.74, 6) is 0.354. The maximum absolute atomic E-state index is 11.7. The molecule has 4 heteroatoms. The summed E-state index contributed by atoms with van der Waals surface area (Å²) in [6.45, 7) is 8.72. The highest BCUT2D eigenvalue weighted by Crippen LogP contribution is 2.19. The van der Waals surface area contributed by atoms with Crippen molar-refractivity contribution in [1.29, 1.82) is 0 Å². The van der Waals surface area contributed by atoms with Gasteiger partial charge < -0.3 is 0 Å². The van der Waals surface area contributed by atoms with E-state index in [-0.39, 0.29) is 11.6 Å². The molecule has 0 unspecified atom stereocenters. The molecule has 1 aromatic rings. The van der Waals surface area contributed by atoms with Crippen LogP contribution in [0, 0.1) is 5.92 Å². The van der Waals surface area contributed by atoms with E-state index in [9.17, 15) is 4.79 Å². The molecule has 2 heterocycles. The Hall–Kier alpha value is -1.45. The van der Waals surface area contributed by atoms with Crippen molar-refractivity contribution < 1.29 is 0 Å². The monoisotopic (exact) mass is 219 g/mol. The maximum atomic E-state index is 11.7. The van der Waals surface area contributed by atoms with Gasteiger partial charge in [-0.25, -0.2) is 4.68 Å². The smallest absolute Gasteiger partial charge is 0.267 e. The first-order valence-electron chi connectivity index (χ1n) is 5.68. The topological polar surface area (TPSA) is 47.2 Å². The molecule has 0 amide bonds. The van der Waals surface area contributed by atoms with E-state index in [0.717, 1.165) is 17.0 Å². The van der Waals surface area contributed by atoms with Crippen molar-refractivity contribution in [2.24, 2.45) is 10.9 Å². The van der Waals surface area contributed by atoms with Gasteiger partial charge in [0.1, 0.15) is 5.69 Å². The quantitative estimate of drug-likeness (QED) is 0.761. The molecule has 2 rings (SSSR count). The van der Waals surface area contributed by atoms with Gasteiger partial charge in [-0.2, -0.15) is 5.10 Å². The first-order chi connectivity index (χ1) is 7.50. The first kappa shape index (κ1) is 11.0. The highest BCUT2D eigenvalue weighted by Gasteiger charge is 2.22. The van der Waals surface area contributed by atoms with E-state index in [1.54, 1.807) is 6.07 Å². The van der Waals surface area contributed by atoms with E-state index in [1.165, 1.54) is 4.68 Å². The minimum absolute atomic E-state index is 0.0334. The fourth-order valence-corrected chi connectivity index (χ4v) is 1.91. The van der Waals surface area contributed by atoms with Crippen LogP contribution in [0.1, 0.15) is 45.0 Å². The molecule has 0 spiro atoms. The number of fused-ring (bicyclic) bond motifs is 1. The molecule has 1 aliphatic rings. The van der Waals surface area contributed by atoms with Gasteiger partial charge in [-0.05, 0) is 19.8 Å². The maximum Gasteiger partial charge on any atom is 0.267 e. The Balaban J connectivity index is 2.56. The second-order valence-electron chi connectivity index (χ2n) is 4.75. The second-order valence-corrected chi connectivity index (χ2v) is 4.75. The summed E-state index contributed by atoms with van der Waals surface area (Å²) < 4.78 is 1.53. The van der Waals surface area contributed by atoms with Crippen LogP contribution in [0.15, 0.2) is 15.9 Å². The largest absolute Gasteiger partial charge is 0.282 e. The van der Waals surface area contributed by atoms with Crippen molar-refractivity contribution in [2.75, 3.05) is 0 Å². The van der Waals surface area contributed by atoms with Crippen LogP contribution in [0.25, 0.3) is 0 Å². The highest BCUT2D eigenvalue weighted by molar-refractivity contribution is 6.03. The number of aliphatic imine (C=N–C) groups is 1. The molecule has 0 atom stereocenters. The number of rotatable bonds is 2. The summed E-state index contributed by atoms with van der Waals surface area (Å²) in [6, 6.07) is 1.76. The minimum Gasteiger partial charge on any atom is -0.282 e. The van der Waals surface area contributed by atoms with E-state index in [0.29, 0.717) is 12.5 Å². The van der Waals surface area contributed by atoms with Gasteiger partial charge in [-0.1, -0.05) is 13.8 Å². The molecule has 1 aromatic heterocycles. The van der Waals surface area contributed by atoms with Gasteiger partial charge in [0.05, 0.1) is 18.3 Å². The lowest BCUT2D eigenvalue weighted by molar-refractivity contribution is 0.499. The summed E-state index contributed by atoms with van der Waals surface area (Å²) in [7, 11) is 0. The molecular weight excluding hydrogens is 202 g/mol. The molecule has 0 aromatic carbocycles. The standard InChI is InChI=1S/C12H17N3O/c1-7(2)11-12-9(6-13-11)5-10(16)15(14-12)8(3)4/h5,7-8H,6H2,1-4H3. The lowest BCUT2D eigenvalue weighted by atomic mass is 10.0. The molecule has 0 aliphatic carbocycles. The van der Waals surface area contributed by atoms with Gasteiger partial charge in [0.15, 0.2) is 0 Å². The van der Waals surface area contributed by atoms with E-state index in [2.05, 4.69) is 23.9 Å². The summed E-state index contributed by atoms with van der Waals surface area (Å²) >= 11 is 0. The lowest BCUT2D eigenvalue weighted by Gasteiger charge is -2.12. The molecule has 16 heavy (non-hydrogen) atoms. The predicted octanol–water partition coefficient (Wildman–Crippen LogP) is 1.78. The zero-order chi connectivity index (χ0) is 11.9. The lowest BCUT2D eigenvalue weighted by Crippen LogP contribution is -2.27. The normalized spacial score (nSPS) is 14.5. The molecule has 4 nitrogen and oxygen atoms in total. The zero-order valence-corrected chi connectivity index (χ0v) is 10.2. The van der Waals surface area contributed by atoms with Crippen LogP contribution in [0.3, 0.4) is 0 Å². The third kappa shape index (κ3) is 1.68. The zero-order valence-electron chi connectivity index (χ0n) is 10.2. The Bertz CT molecular complexity index is 497. The van der Waals surface area contributed by atoms with Gasteiger partial charge in [0, 0.05) is 11.6 Å². The van der Waals surface area contributed by atoms with Crippen LogP contribution in [0.2, 0.25) is 0 Å². The highest BCUT2D eigenvalue weighted by atomic mass is 16.1. The Morgan fingerprint density at radius 3 is 2.56 bits per heavy atom. The van der Waals surface area contributed by atoms with Crippen LogP contribution in [-0.2, 0) is 6.54 Å². The average Bonchev–Trinajstić information content (AvgIpc) is 2.58. The summed E-state index contributed by atoms with van der Waals surface area (Å²) in [5, 5.41) is 4.43. The van der Waals surface area contributed by atoms with Crippen molar-refractivity contribution in [3.63, 3.8) is 0 Å². The molecule has 86 valence electrons. The second kappa shape index (κ2) is 3.85. The van der Waals surface area contributed by atoms with Gasteiger partial charge in [-0.15, -0.1) is 0 Å². The molecular formula is C12H17N3O. The van der Waals surface area contributed by atoms with Crippen molar-refractivity contribution in [3.05, 3.63) is 27.7 Å². The van der Waals surface area contributed by atoms with Crippen molar-refractivity contribution in [2.45, 2.75) is 40.3 Å². The van der Waals surface area contributed by atoms with Gasteiger partial charge in [-0.3, -0.25) is 9.79 Å². The Morgan fingerprint density at radius 1 is 1.31 bits per heavy atom. The molecule has 0 radical (unpaired) electrons. The van der Waals surface area contributed by atoms with Crippen molar-refractivity contribution in [3.8, 4) is 0 Å². The first-order valence-corrected chi connectivity index (χ1v) is 5.68. The Labute approximate surface area is 95.0 Å². The summed E-state index contributed by atoms with van der Waals surface area (Å²) in [4.78, 5) is 16.2. The fraction of sp³-hybridized carbons (Fsp3) is 0.583. The molecule has 0 N–H and O–H groups in total. The third-order valence-corrected chi connectivity index (χ3v) is 2.73. The van der Waals surface area contributed by atoms with Crippen LogP contribution in [-0.4, -0.2) is 15.5 Å². The number of hydrogen-bond donors (Lipinski definition) is 0. The molecule has 1 aliphatic heterocycles. The Morgan fingerprint density at radius 2 is 2.00 bits per heavy atom. The number of aromatic nitrogens is 2. The van der Waals surface area contributed by atoms with Gasteiger partial charge in [0.25, 0.3) is 5.56 Å². The molecule has 0 bridgehead atoms. The van der Waals surface area contributed by atoms with Crippen molar-refractivity contribution in [1.82, 2.24) is 9.78 Å². The van der Waals surface area contributed by atoms with Crippen LogP contribution < -0.4 is 5.56 Å². The van der Waals surface area contributed by atoms with Gasteiger partial charge >= 0.3 is 0 Å². The van der Waals surface area contributed by atoms with E-state index >= 15 is 0 Å². The van der Waals surface area contributed by atoms with Crippen LogP contribution in [0.5, 0.6) is 0 Å². The van der Waals surface area contributed by atoms with E-state index in [1.807, 2.05) is 13.8 Å². The summed E-state index contributed by atoms with van der Waals surface area (Å²) in [6.07, 6.45) is 0. The van der Waals surface area contributed by atoms with Crippen LogP contribution in [0.4, 0.5) is 0 Å². The summed E-state index contributed by atoms with van der Waals surface area (Å²) in [5.41, 5.74) is 2.85. The SMILES string of the molecule is CC(C)C1=NCc2cc(=O)n(C(C)C)nc21. The van der Waals surface area contributed by atoms with E-state index < -0.39 is 0 Å². The number of nitrogens with zero attached hydrogens (tertiary/aromatic N) is 3. The minimum atomic E-state index is -0.0334. The number of hydrogen-bond acceptors (Lipinski definition) is 3. The Kier molecular flexibility index (Phi) is 2.66. The van der Waals surface area contributed by atoms with E-state index in [4.69, 9.17) is 0 Å². The fourth-order valence-electron chi connectivity index (χ4n) is 1.91. The average molecular weight is 219 g/mol. The molecule has 0 saturated carbocycles. The van der Waals surface area contributed by atoms with Crippen LogP contribution >= 0.6 is 0 Å². The van der Waals surface area contributed by atoms with Crippen molar-refractivity contribution >= 4 is 5.71 Å².